The second-order valence-corrected chi connectivity index (χ2v) is 6.64. The first-order valence-electron chi connectivity index (χ1n) is 9.56. The molecule has 0 saturated heterocycles. The summed E-state index contributed by atoms with van der Waals surface area (Å²) in [6.07, 6.45) is 17.3. The van der Waals surface area contributed by atoms with E-state index in [0.717, 1.165) is 44.9 Å². The van der Waals surface area contributed by atoms with Crippen molar-refractivity contribution >= 4 is 0 Å². The van der Waals surface area contributed by atoms with E-state index in [4.69, 9.17) is 0 Å². The second kappa shape index (κ2) is 16.3. The molecule has 2 N–H and O–H groups in total. The van der Waals surface area contributed by atoms with Crippen molar-refractivity contribution in [2.75, 3.05) is 0 Å². The molecule has 0 bridgehead atoms. The average molecular weight is 301 g/mol. The maximum Gasteiger partial charge on any atom is 0.0540 e. The summed E-state index contributed by atoms with van der Waals surface area (Å²) in [5.74, 6) is 0. The maximum atomic E-state index is 9.91. The Bertz CT molecular complexity index is 194. The van der Waals surface area contributed by atoms with Gasteiger partial charge in [-0.1, -0.05) is 84.5 Å². The van der Waals surface area contributed by atoms with Gasteiger partial charge in [0.25, 0.3) is 0 Å². The molecule has 0 saturated carbocycles. The van der Waals surface area contributed by atoms with Gasteiger partial charge < -0.3 is 10.2 Å². The van der Waals surface area contributed by atoms with E-state index in [1.165, 1.54) is 51.4 Å². The Kier molecular flexibility index (Phi) is 16.2. The summed E-state index contributed by atoms with van der Waals surface area (Å²) in [6, 6.07) is 0. The van der Waals surface area contributed by atoms with Gasteiger partial charge in [-0.15, -0.1) is 0 Å². The highest BCUT2D eigenvalue weighted by atomic mass is 16.3. The molecule has 2 nitrogen and oxygen atoms in total. The van der Waals surface area contributed by atoms with Crippen LogP contribution in [0, 0.1) is 0 Å². The molecule has 2 heteroatoms. The Morgan fingerprint density at radius 3 is 1.29 bits per heavy atom. The summed E-state index contributed by atoms with van der Waals surface area (Å²) >= 11 is 0. The maximum absolute atomic E-state index is 9.91. The first-order chi connectivity index (χ1) is 10.2. The van der Waals surface area contributed by atoms with Crippen molar-refractivity contribution in [3.8, 4) is 0 Å². The lowest BCUT2D eigenvalue weighted by molar-refractivity contribution is 0.145. The minimum atomic E-state index is -0.0791. The highest BCUT2D eigenvalue weighted by molar-refractivity contribution is 4.58. The molecule has 2 atom stereocenters. The molecule has 21 heavy (non-hydrogen) atoms. The molecule has 0 amide bonds. The Labute approximate surface area is 133 Å². The lowest BCUT2D eigenvalue weighted by Crippen LogP contribution is -2.06. The van der Waals surface area contributed by atoms with Gasteiger partial charge in [0, 0.05) is 0 Å². The zero-order valence-corrected chi connectivity index (χ0v) is 14.7. The molecule has 128 valence electrons. The number of hydrogen-bond acceptors (Lipinski definition) is 2. The van der Waals surface area contributed by atoms with Crippen LogP contribution in [0.3, 0.4) is 0 Å². The molecular weight excluding hydrogens is 260 g/mol. The molecule has 0 aliphatic carbocycles. The standard InChI is InChI=1S/C19H40O2/c1-3-5-6-8-11-16-19(21)17-13-10-7-9-12-15-18(20)14-4-2/h18-21H,3-17H2,1-2H3. The summed E-state index contributed by atoms with van der Waals surface area (Å²) in [6.45, 7) is 4.36. The third-order valence-corrected chi connectivity index (χ3v) is 4.34. The third kappa shape index (κ3) is 16.1. The molecule has 0 rings (SSSR count). The van der Waals surface area contributed by atoms with Gasteiger partial charge in [-0.2, -0.15) is 0 Å². The van der Waals surface area contributed by atoms with Gasteiger partial charge in [-0.05, 0) is 25.7 Å². The van der Waals surface area contributed by atoms with Gasteiger partial charge in [-0.25, -0.2) is 0 Å². The van der Waals surface area contributed by atoms with Crippen molar-refractivity contribution in [1.82, 2.24) is 0 Å². The van der Waals surface area contributed by atoms with E-state index in [2.05, 4.69) is 13.8 Å². The summed E-state index contributed by atoms with van der Waals surface area (Å²) in [4.78, 5) is 0. The fourth-order valence-electron chi connectivity index (χ4n) is 2.90. The largest absolute Gasteiger partial charge is 0.393 e. The van der Waals surface area contributed by atoms with E-state index in [1.807, 2.05) is 0 Å². The zero-order chi connectivity index (χ0) is 15.8. The smallest absolute Gasteiger partial charge is 0.0540 e. The van der Waals surface area contributed by atoms with Gasteiger partial charge in [0.05, 0.1) is 12.2 Å². The Morgan fingerprint density at radius 1 is 0.476 bits per heavy atom. The van der Waals surface area contributed by atoms with Crippen LogP contribution in [-0.4, -0.2) is 22.4 Å². The predicted molar refractivity (Wildman–Crippen MR) is 92.6 cm³/mol. The SMILES string of the molecule is CCCCCCCC(O)CCCCCCCC(O)CCC. The summed E-state index contributed by atoms with van der Waals surface area (Å²) < 4.78 is 0. The zero-order valence-electron chi connectivity index (χ0n) is 14.7. The Balaban J connectivity index is 3.19. The summed E-state index contributed by atoms with van der Waals surface area (Å²) in [5, 5.41) is 19.5. The molecule has 0 spiro atoms. The van der Waals surface area contributed by atoms with E-state index in [9.17, 15) is 10.2 Å². The topological polar surface area (TPSA) is 40.5 Å². The van der Waals surface area contributed by atoms with Crippen LogP contribution in [0.25, 0.3) is 0 Å². The minimum absolute atomic E-state index is 0.0713. The fraction of sp³-hybridized carbons (Fsp3) is 1.00. The van der Waals surface area contributed by atoms with Gasteiger partial charge >= 0.3 is 0 Å². The van der Waals surface area contributed by atoms with Crippen molar-refractivity contribution in [2.45, 2.75) is 122 Å². The van der Waals surface area contributed by atoms with Crippen LogP contribution in [0.1, 0.15) is 110 Å². The van der Waals surface area contributed by atoms with E-state index < -0.39 is 0 Å². The summed E-state index contributed by atoms with van der Waals surface area (Å²) in [7, 11) is 0. The highest BCUT2D eigenvalue weighted by Crippen LogP contribution is 2.14. The van der Waals surface area contributed by atoms with Crippen molar-refractivity contribution in [2.24, 2.45) is 0 Å². The van der Waals surface area contributed by atoms with Crippen LogP contribution in [0.2, 0.25) is 0 Å². The van der Waals surface area contributed by atoms with Gasteiger partial charge in [-0.3, -0.25) is 0 Å². The molecule has 0 aromatic rings. The van der Waals surface area contributed by atoms with Crippen molar-refractivity contribution < 1.29 is 10.2 Å². The van der Waals surface area contributed by atoms with Crippen LogP contribution in [0.15, 0.2) is 0 Å². The molecule has 0 aliphatic heterocycles. The van der Waals surface area contributed by atoms with Crippen molar-refractivity contribution in [3.05, 3.63) is 0 Å². The average Bonchev–Trinajstić information content (AvgIpc) is 2.46. The van der Waals surface area contributed by atoms with E-state index in [1.54, 1.807) is 0 Å². The van der Waals surface area contributed by atoms with Crippen molar-refractivity contribution in [3.63, 3.8) is 0 Å². The monoisotopic (exact) mass is 300 g/mol. The molecule has 0 radical (unpaired) electrons. The van der Waals surface area contributed by atoms with Crippen molar-refractivity contribution in [1.29, 1.82) is 0 Å². The van der Waals surface area contributed by atoms with Gasteiger partial charge in [0.2, 0.25) is 0 Å². The van der Waals surface area contributed by atoms with Crippen LogP contribution in [-0.2, 0) is 0 Å². The van der Waals surface area contributed by atoms with E-state index in [0.29, 0.717) is 0 Å². The fourth-order valence-corrected chi connectivity index (χ4v) is 2.90. The van der Waals surface area contributed by atoms with E-state index >= 15 is 0 Å². The van der Waals surface area contributed by atoms with Crippen LogP contribution in [0.5, 0.6) is 0 Å². The number of aliphatic hydroxyl groups excluding tert-OH is 2. The molecular formula is C19H40O2. The number of unbranched alkanes of at least 4 members (excludes halogenated alkanes) is 8. The van der Waals surface area contributed by atoms with Gasteiger partial charge in [0.15, 0.2) is 0 Å². The van der Waals surface area contributed by atoms with E-state index in [-0.39, 0.29) is 12.2 Å². The van der Waals surface area contributed by atoms with Crippen LogP contribution < -0.4 is 0 Å². The van der Waals surface area contributed by atoms with Crippen LogP contribution >= 0.6 is 0 Å². The summed E-state index contributed by atoms with van der Waals surface area (Å²) in [5.41, 5.74) is 0. The second-order valence-electron chi connectivity index (χ2n) is 6.64. The minimum Gasteiger partial charge on any atom is -0.393 e. The number of hydrogen-bond donors (Lipinski definition) is 2. The molecule has 0 aromatic heterocycles. The first-order valence-corrected chi connectivity index (χ1v) is 9.56. The lowest BCUT2D eigenvalue weighted by Gasteiger charge is -2.11. The Morgan fingerprint density at radius 2 is 0.857 bits per heavy atom. The predicted octanol–water partition coefficient (Wildman–Crippen LogP) is 5.60. The normalized spacial score (nSPS) is 14.3. The number of rotatable bonds is 16. The molecule has 2 unspecified atom stereocenters. The molecule has 0 aromatic carbocycles. The van der Waals surface area contributed by atoms with Gasteiger partial charge in [0.1, 0.15) is 0 Å². The molecule has 0 aliphatic rings. The lowest BCUT2D eigenvalue weighted by atomic mass is 10.0. The van der Waals surface area contributed by atoms with Crippen LogP contribution in [0.4, 0.5) is 0 Å². The first kappa shape index (κ1) is 20.9. The number of aliphatic hydroxyl groups is 2. The molecule has 0 fully saturated rings. The molecule has 0 heterocycles. The quantitative estimate of drug-likeness (QED) is 0.364. The third-order valence-electron chi connectivity index (χ3n) is 4.34. The highest BCUT2D eigenvalue weighted by Gasteiger charge is 2.04. The Hall–Kier alpha value is -0.0800.